The maximum atomic E-state index is 11.5. The second kappa shape index (κ2) is 4.37. The number of aliphatic carboxylic acids is 1. The molecule has 3 rings (SSSR count). The highest BCUT2D eigenvalue weighted by Crippen LogP contribution is 2.60. The molecule has 0 aromatic carbocycles. The highest BCUT2D eigenvalue weighted by molar-refractivity contribution is 5.87. The van der Waals surface area contributed by atoms with Crippen LogP contribution in [0.2, 0.25) is 0 Å². The molecule has 5 unspecified atom stereocenters. The minimum absolute atomic E-state index is 0.0160. The fourth-order valence-electron chi connectivity index (χ4n) is 3.32. The Morgan fingerprint density at radius 2 is 2.35 bits per heavy atom. The zero-order valence-corrected chi connectivity index (χ0v) is 11.3. The van der Waals surface area contributed by atoms with Crippen molar-refractivity contribution >= 4 is 12.1 Å². The lowest BCUT2D eigenvalue weighted by atomic mass is 9.82. The van der Waals surface area contributed by atoms with Crippen molar-refractivity contribution in [1.29, 1.82) is 0 Å². The van der Waals surface area contributed by atoms with Crippen LogP contribution >= 0.6 is 0 Å². The fourth-order valence-corrected chi connectivity index (χ4v) is 3.32. The number of rotatable bonds is 3. The lowest BCUT2D eigenvalue weighted by Gasteiger charge is -2.35. The van der Waals surface area contributed by atoms with Gasteiger partial charge in [-0.2, -0.15) is 0 Å². The molecule has 1 saturated carbocycles. The van der Waals surface area contributed by atoms with Gasteiger partial charge in [-0.25, -0.2) is 9.59 Å². The second-order valence-corrected chi connectivity index (χ2v) is 5.48. The van der Waals surface area contributed by atoms with Crippen molar-refractivity contribution in [3.63, 3.8) is 0 Å². The molecule has 7 heteroatoms. The molecular formula is C13H17NO6. The molecule has 7 nitrogen and oxygen atoms in total. The van der Waals surface area contributed by atoms with E-state index in [1.165, 1.54) is 6.26 Å². The Balaban J connectivity index is 1.82. The molecule has 2 heterocycles. The Labute approximate surface area is 115 Å². The van der Waals surface area contributed by atoms with E-state index in [0.717, 1.165) is 0 Å². The summed E-state index contributed by atoms with van der Waals surface area (Å²) in [6, 6.07) is 0. The van der Waals surface area contributed by atoms with E-state index in [4.69, 9.17) is 14.2 Å². The summed E-state index contributed by atoms with van der Waals surface area (Å²) in [5.74, 6) is -1.49. The molecule has 0 spiro atoms. The summed E-state index contributed by atoms with van der Waals surface area (Å²) in [7, 11) is 0. The van der Waals surface area contributed by atoms with Gasteiger partial charge in [0, 0.05) is 12.5 Å². The summed E-state index contributed by atoms with van der Waals surface area (Å²) in [5, 5.41) is 11.7. The first-order chi connectivity index (χ1) is 9.47. The van der Waals surface area contributed by atoms with Gasteiger partial charge in [0.05, 0.1) is 23.9 Å². The zero-order valence-electron chi connectivity index (χ0n) is 11.3. The predicted octanol–water partition coefficient (Wildman–Crippen LogP) is 0.851. The van der Waals surface area contributed by atoms with Gasteiger partial charge in [0.1, 0.15) is 5.60 Å². The van der Waals surface area contributed by atoms with Crippen LogP contribution in [-0.2, 0) is 19.0 Å². The molecule has 0 bridgehead atoms. The monoisotopic (exact) mass is 283 g/mol. The number of carbonyl (C=O) groups excluding carboxylic acids is 1. The zero-order chi connectivity index (χ0) is 14.5. The summed E-state index contributed by atoms with van der Waals surface area (Å²) < 4.78 is 16.2. The average Bonchev–Trinajstić information content (AvgIpc) is 2.91. The molecule has 0 aromatic rings. The number of hydrogen-bond acceptors (Lipinski definition) is 5. The van der Waals surface area contributed by atoms with Crippen molar-refractivity contribution in [2.45, 2.75) is 38.3 Å². The van der Waals surface area contributed by atoms with Gasteiger partial charge in [-0.1, -0.05) is 0 Å². The number of fused-ring (bicyclic) bond motifs is 3. The lowest BCUT2D eigenvalue weighted by molar-refractivity contribution is -0.148. The number of amides is 1. The van der Waals surface area contributed by atoms with E-state index in [1.807, 2.05) is 6.92 Å². The smallest absolute Gasteiger partial charge is 0.410 e. The summed E-state index contributed by atoms with van der Waals surface area (Å²) >= 11 is 0. The van der Waals surface area contributed by atoms with Crippen LogP contribution in [0.5, 0.6) is 0 Å². The Morgan fingerprint density at radius 3 is 3.00 bits per heavy atom. The van der Waals surface area contributed by atoms with Gasteiger partial charge in [0.25, 0.3) is 6.29 Å². The van der Waals surface area contributed by atoms with Crippen LogP contribution in [0.1, 0.15) is 20.3 Å². The SMILES string of the molecule is CCNC(=O)OC1OC=C(C(=O)O)C2CC3OC3(C)C12. The van der Waals surface area contributed by atoms with Crippen LogP contribution in [0.15, 0.2) is 11.8 Å². The standard InChI is InChI=1S/C13H17NO6/c1-3-14-12(17)19-11-9-6(4-8-13(9,2)20-8)7(5-18-11)10(15)16/h5-6,8-9,11H,3-4H2,1-2H3,(H,14,17)(H,15,16). The van der Waals surface area contributed by atoms with Crippen LogP contribution in [-0.4, -0.2) is 41.7 Å². The molecule has 3 aliphatic rings. The van der Waals surface area contributed by atoms with Gasteiger partial charge in [-0.05, 0) is 20.3 Å². The van der Waals surface area contributed by atoms with Gasteiger partial charge in [-0.15, -0.1) is 0 Å². The molecule has 1 saturated heterocycles. The number of carboxylic acids is 1. The quantitative estimate of drug-likeness (QED) is 0.745. The van der Waals surface area contributed by atoms with E-state index in [9.17, 15) is 14.7 Å². The summed E-state index contributed by atoms with van der Waals surface area (Å²) in [4.78, 5) is 22.8. The predicted molar refractivity (Wildman–Crippen MR) is 65.6 cm³/mol. The minimum Gasteiger partial charge on any atom is -0.478 e. The van der Waals surface area contributed by atoms with E-state index in [1.54, 1.807) is 6.92 Å². The molecule has 0 radical (unpaired) electrons. The molecule has 0 aromatic heterocycles. The Morgan fingerprint density at radius 1 is 1.60 bits per heavy atom. The topological polar surface area (TPSA) is 97.4 Å². The van der Waals surface area contributed by atoms with Crippen molar-refractivity contribution in [3.05, 3.63) is 11.8 Å². The average molecular weight is 283 g/mol. The van der Waals surface area contributed by atoms with Crippen molar-refractivity contribution in [2.24, 2.45) is 11.8 Å². The van der Waals surface area contributed by atoms with Crippen molar-refractivity contribution in [2.75, 3.05) is 6.54 Å². The summed E-state index contributed by atoms with van der Waals surface area (Å²) in [6.07, 6.45) is 0.449. The van der Waals surface area contributed by atoms with E-state index >= 15 is 0 Å². The van der Waals surface area contributed by atoms with Crippen LogP contribution in [0.25, 0.3) is 0 Å². The van der Waals surface area contributed by atoms with Crippen molar-refractivity contribution in [3.8, 4) is 0 Å². The first-order valence-corrected chi connectivity index (χ1v) is 6.68. The van der Waals surface area contributed by atoms with Crippen LogP contribution in [0.4, 0.5) is 4.79 Å². The molecule has 2 aliphatic heterocycles. The van der Waals surface area contributed by atoms with E-state index in [2.05, 4.69) is 5.32 Å². The number of epoxide rings is 1. The first kappa shape index (κ1) is 13.2. The number of carbonyl (C=O) groups is 2. The van der Waals surface area contributed by atoms with Gasteiger partial charge in [0.2, 0.25) is 0 Å². The third kappa shape index (κ3) is 1.84. The number of ether oxygens (including phenoxy) is 3. The normalized spacial score (nSPS) is 40.8. The van der Waals surface area contributed by atoms with Crippen molar-refractivity contribution < 1.29 is 28.9 Å². The molecule has 1 amide bonds. The van der Waals surface area contributed by atoms with Crippen LogP contribution in [0.3, 0.4) is 0 Å². The molecule has 5 atom stereocenters. The Kier molecular flexibility index (Phi) is 2.89. The van der Waals surface area contributed by atoms with Gasteiger partial charge >= 0.3 is 12.1 Å². The highest BCUT2D eigenvalue weighted by Gasteiger charge is 2.70. The number of nitrogens with one attached hydrogen (secondary N) is 1. The van der Waals surface area contributed by atoms with Gasteiger partial charge in [0.15, 0.2) is 0 Å². The molecule has 110 valence electrons. The maximum absolute atomic E-state index is 11.5. The number of carboxylic acid groups (broad SMARTS) is 1. The first-order valence-electron chi connectivity index (χ1n) is 6.68. The van der Waals surface area contributed by atoms with Gasteiger partial charge in [-0.3, -0.25) is 0 Å². The molecule has 1 aliphatic carbocycles. The van der Waals surface area contributed by atoms with Crippen LogP contribution in [0, 0.1) is 11.8 Å². The molecule has 20 heavy (non-hydrogen) atoms. The number of hydrogen-bond donors (Lipinski definition) is 2. The second-order valence-electron chi connectivity index (χ2n) is 5.48. The van der Waals surface area contributed by atoms with Crippen molar-refractivity contribution in [1.82, 2.24) is 5.32 Å². The van der Waals surface area contributed by atoms with E-state index in [-0.39, 0.29) is 23.5 Å². The molecular weight excluding hydrogens is 266 g/mol. The van der Waals surface area contributed by atoms with E-state index < -0.39 is 24.0 Å². The summed E-state index contributed by atoms with van der Waals surface area (Å²) in [6.45, 7) is 4.14. The third-order valence-electron chi connectivity index (χ3n) is 4.35. The summed E-state index contributed by atoms with van der Waals surface area (Å²) in [5.41, 5.74) is -0.237. The third-order valence-corrected chi connectivity index (χ3v) is 4.35. The Bertz CT molecular complexity index is 489. The molecule has 2 N–H and O–H groups in total. The highest BCUT2D eigenvalue weighted by atomic mass is 16.7. The Hall–Kier alpha value is -1.76. The minimum atomic E-state index is -0.999. The lowest BCUT2D eigenvalue weighted by Crippen LogP contribution is -2.44. The maximum Gasteiger partial charge on any atom is 0.410 e. The van der Waals surface area contributed by atoms with E-state index in [0.29, 0.717) is 13.0 Å². The fraction of sp³-hybridized carbons (Fsp3) is 0.692. The van der Waals surface area contributed by atoms with Gasteiger partial charge < -0.3 is 24.6 Å². The largest absolute Gasteiger partial charge is 0.478 e. The van der Waals surface area contributed by atoms with Crippen LogP contribution < -0.4 is 5.32 Å². The molecule has 2 fully saturated rings. The number of alkyl carbamates (subject to hydrolysis) is 1.